The summed E-state index contributed by atoms with van der Waals surface area (Å²) >= 11 is 0. The summed E-state index contributed by atoms with van der Waals surface area (Å²) in [6, 6.07) is 4.17. The van der Waals surface area contributed by atoms with Gasteiger partial charge >= 0.3 is 17.9 Å². The number of carboxylic acid groups (broad SMARTS) is 2. The summed E-state index contributed by atoms with van der Waals surface area (Å²) < 4.78 is 9.27. The first-order chi connectivity index (χ1) is 10.8. The normalized spacial score (nSPS) is 13.3. The lowest BCUT2D eigenvalue weighted by molar-refractivity contribution is -0.176. The van der Waals surface area contributed by atoms with E-state index in [1.807, 2.05) is 0 Å². The van der Waals surface area contributed by atoms with E-state index in [9.17, 15) is 19.5 Å². The highest BCUT2D eigenvalue weighted by Crippen LogP contribution is 2.26. The quantitative estimate of drug-likeness (QED) is 0.396. The Morgan fingerprint density at radius 1 is 1.17 bits per heavy atom. The largest absolute Gasteiger partial charge is 0.504 e. The minimum absolute atomic E-state index is 0.109. The van der Waals surface area contributed by atoms with E-state index in [0.29, 0.717) is 5.56 Å². The van der Waals surface area contributed by atoms with Gasteiger partial charge in [0.25, 0.3) is 0 Å². The number of phenols is 1. The summed E-state index contributed by atoms with van der Waals surface area (Å²) in [7, 11) is 1.33. The molecule has 0 radical (unpaired) electrons. The molecule has 23 heavy (non-hydrogen) atoms. The van der Waals surface area contributed by atoms with Crippen molar-refractivity contribution in [3.05, 3.63) is 29.8 Å². The molecule has 0 amide bonds. The Hall–Kier alpha value is -3.07. The minimum Gasteiger partial charge on any atom is -0.504 e. The fourth-order valence-corrected chi connectivity index (χ4v) is 1.51. The molecule has 1 aromatic carbocycles. The maximum absolute atomic E-state index is 11.5. The van der Waals surface area contributed by atoms with Gasteiger partial charge in [0.05, 0.1) is 7.11 Å². The molecule has 9 heteroatoms. The molecule has 0 fully saturated rings. The van der Waals surface area contributed by atoms with Gasteiger partial charge in [-0.1, -0.05) is 6.07 Å². The van der Waals surface area contributed by atoms with Gasteiger partial charge in [-0.25, -0.2) is 14.4 Å². The number of phenolic OH excluding ortho intramolecular Hbond substituents is 1. The number of aromatic hydroxyl groups is 1. The predicted molar refractivity (Wildman–Crippen MR) is 74.9 cm³/mol. The third kappa shape index (κ3) is 5.00. The Labute approximate surface area is 130 Å². The second-order valence-corrected chi connectivity index (χ2v) is 4.24. The van der Waals surface area contributed by atoms with Crippen LogP contribution in [0.2, 0.25) is 0 Å². The number of esters is 1. The maximum atomic E-state index is 11.5. The molecule has 0 bridgehead atoms. The highest BCUT2D eigenvalue weighted by atomic mass is 16.6. The molecular formula is C14H14O9. The second-order valence-electron chi connectivity index (χ2n) is 4.24. The molecule has 0 aliphatic rings. The SMILES string of the molecule is COc1cc(C=CC(=O)OC(C(=O)O)C(O)C(=O)O)ccc1O. The lowest BCUT2D eigenvalue weighted by atomic mass is 10.2. The molecule has 0 aliphatic heterocycles. The molecule has 124 valence electrons. The van der Waals surface area contributed by atoms with E-state index in [-0.39, 0.29) is 11.5 Å². The van der Waals surface area contributed by atoms with Crippen LogP contribution in [0.1, 0.15) is 5.56 Å². The fourth-order valence-electron chi connectivity index (χ4n) is 1.51. The summed E-state index contributed by atoms with van der Waals surface area (Å²) in [5.74, 6) is -4.75. The zero-order chi connectivity index (χ0) is 17.6. The fraction of sp³-hybridized carbons (Fsp3) is 0.214. The number of carbonyl (C=O) groups is 3. The monoisotopic (exact) mass is 326 g/mol. The number of ether oxygens (including phenoxy) is 2. The van der Waals surface area contributed by atoms with Crippen LogP contribution in [-0.4, -0.2) is 57.7 Å². The number of methoxy groups -OCH3 is 1. The number of aliphatic hydroxyl groups excluding tert-OH is 1. The number of aliphatic hydroxyl groups is 1. The van der Waals surface area contributed by atoms with Crippen molar-refractivity contribution in [3.63, 3.8) is 0 Å². The van der Waals surface area contributed by atoms with E-state index < -0.39 is 30.1 Å². The summed E-state index contributed by atoms with van der Waals surface area (Å²) in [6.45, 7) is 0. The molecule has 1 aromatic rings. The molecule has 0 spiro atoms. The Balaban J connectivity index is 2.82. The summed E-state index contributed by atoms with van der Waals surface area (Å²) in [6.07, 6.45) is -2.55. The number of carbonyl (C=O) groups excluding carboxylic acids is 1. The van der Waals surface area contributed by atoms with Crippen LogP contribution >= 0.6 is 0 Å². The van der Waals surface area contributed by atoms with Crippen molar-refractivity contribution in [2.45, 2.75) is 12.2 Å². The van der Waals surface area contributed by atoms with Gasteiger partial charge in [-0.3, -0.25) is 0 Å². The highest BCUT2D eigenvalue weighted by molar-refractivity contribution is 5.91. The molecule has 0 heterocycles. The molecule has 9 nitrogen and oxygen atoms in total. The van der Waals surface area contributed by atoms with Gasteiger partial charge in [0.1, 0.15) is 0 Å². The first-order valence-electron chi connectivity index (χ1n) is 6.15. The molecule has 0 saturated carbocycles. The lowest BCUT2D eigenvalue weighted by Crippen LogP contribution is -2.42. The van der Waals surface area contributed by atoms with Crippen molar-refractivity contribution >= 4 is 24.0 Å². The topological polar surface area (TPSA) is 151 Å². The van der Waals surface area contributed by atoms with E-state index >= 15 is 0 Å². The van der Waals surface area contributed by atoms with Gasteiger partial charge in [0.15, 0.2) is 17.6 Å². The van der Waals surface area contributed by atoms with E-state index in [4.69, 9.17) is 20.1 Å². The molecule has 0 saturated heterocycles. The van der Waals surface area contributed by atoms with Gasteiger partial charge in [-0.2, -0.15) is 0 Å². The van der Waals surface area contributed by atoms with Crippen molar-refractivity contribution in [1.29, 1.82) is 0 Å². The van der Waals surface area contributed by atoms with Crippen LogP contribution in [0.25, 0.3) is 6.08 Å². The Morgan fingerprint density at radius 3 is 2.35 bits per heavy atom. The number of rotatable bonds is 7. The summed E-state index contributed by atoms with van der Waals surface area (Å²) in [4.78, 5) is 32.9. The van der Waals surface area contributed by atoms with Crippen molar-refractivity contribution in [2.24, 2.45) is 0 Å². The van der Waals surface area contributed by atoms with Crippen LogP contribution in [-0.2, 0) is 19.1 Å². The van der Waals surface area contributed by atoms with Crippen molar-refractivity contribution in [3.8, 4) is 11.5 Å². The Kier molecular flexibility index (Phi) is 6.10. The zero-order valence-electron chi connectivity index (χ0n) is 11.9. The molecule has 4 N–H and O–H groups in total. The maximum Gasteiger partial charge on any atom is 0.348 e. The van der Waals surface area contributed by atoms with Gasteiger partial charge in [-0.15, -0.1) is 0 Å². The van der Waals surface area contributed by atoms with Gasteiger partial charge in [0.2, 0.25) is 6.10 Å². The van der Waals surface area contributed by atoms with Gasteiger partial charge in [-0.05, 0) is 23.8 Å². The predicted octanol–water partition coefficient (Wildman–Crippen LogP) is -0.144. The second kappa shape index (κ2) is 7.80. The van der Waals surface area contributed by atoms with Crippen LogP contribution in [0, 0.1) is 0 Å². The summed E-state index contributed by atoms with van der Waals surface area (Å²) in [5.41, 5.74) is 0.433. The van der Waals surface area contributed by atoms with Crippen LogP contribution in [0.4, 0.5) is 0 Å². The number of aliphatic carboxylic acids is 2. The standard InChI is InChI=1S/C14H14O9/c1-22-9-6-7(2-4-8(9)15)3-5-10(16)23-12(14(20)21)11(17)13(18)19/h2-6,11-12,15,17H,1H3,(H,18,19)(H,20,21). The average molecular weight is 326 g/mol. The molecule has 1 rings (SSSR count). The van der Waals surface area contributed by atoms with Crippen LogP contribution < -0.4 is 4.74 Å². The first-order valence-corrected chi connectivity index (χ1v) is 6.15. The molecule has 2 unspecified atom stereocenters. The summed E-state index contributed by atoms with van der Waals surface area (Å²) in [5, 5.41) is 35.9. The number of carboxylic acids is 2. The Morgan fingerprint density at radius 2 is 1.83 bits per heavy atom. The van der Waals surface area contributed by atoms with Crippen LogP contribution in [0.3, 0.4) is 0 Å². The zero-order valence-corrected chi connectivity index (χ0v) is 11.9. The molecular weight excluding hydrogens is 312 g/mol. The van der Waals surface area contributed by atoms with Crippen LogP contribution in [0.15, 0.2) is 24.3 Å². The molecule has 0 aromatic heterocycles. The van der Waals surface area contributed by atoms with Crippen molar-refractivity contribution in [1.82, 2.24) is 0 Å². The van der Waals surface area contributed by atoms with Crippen LogP contribution in [0.5, 0.6) is 11.5 Å². The number of hydrogen-bond donors (Lipinski definition) is 4. The first kappa shape index (κ1) is 18.0. The lowest BCUT2D eigenvalue weighted by Gasteiger charge is -2.15. The number of hydrogen-bond acceptors (Lipinski definition) is 7. The minimum atomic E-state index is -2.39. The van der Waals surface area contributed by atoms with Crippen molar-refractivity contribution < 1.29 is 44.3 Å². The van der Waals surface area contributed by atoms with E-state index in [2.05, 4.69) is 4.74 Å². The van der Waals surface area contributed by atoms with Gasteiger partial charge < -0.3 is 29.9 Å². The van der Waals surface area contributed by atoms with E-state index in [1.54, 1.807) is 0 Å². The van der Waals surface area contributed by atoms with Gasteiger partial charge in [0, 0.05) is 6.08 Å². The highest BCUT2D eigenvalue weighted by Gasteiger charge is 2.35. The van der Waals surface area contributed by atoms with Crippen molar-refractivity contribution in [2.75, 3.05) is 7.11 Å². The molecule has 0 aliphatic carbocycles. The molecule has 2 atom stereocenters. The smallest absolute Gasteiger partial charge is 0.348 e. The van der Waals surface area contributed by atoms with E-state index in [0.717, 1.165) is 6.08 Å². The van der Waals surface area contributed by atoms with E-state index in [1.165, 1.54) is 31.4 Å². The number of benzene rings is 1. The Bertz CT molecular complexity index is 635. The average Bonchev–Trinajstić information content (AvgIpc) is 2.50. The third-order valence-corrected chi connectivity index (χ3v) is 2.64. The third-order valence-electron chi connectivity index (χ3n) is 2.64.